The normalized spacial score (nSPS) is 7.73. The molecule has 0 aromatic heterocycles. The predicted octanol–water partition coefficient (Wildman–Crippen LogP) is 0.188. The molecule has 0 fully saturated rings. The molecular weight excluding hydrogens is 227 g/mol. The van der Waals surface area contributed by atoms with Crippen molar-refractivity contribution in [2.24, 2.45) is 0 Å². The third-order valence-electron chi connectivity index (χ3n) is 0.780. The van der Waals surface area contributed by atoms with Gasteiger partial charge in [0, 0.05) is 26.2 Å². The summed E-state index contributed by atoms with van der Waals surface area (Å²) < 4.78 is 4.35. The third-order valence-corrected chi connectivity index (χ3v) is 0.780. The quantitative estimate of drug-likeness (QED) is 0.328. The molecule has 0 atom stereocenters. The molecule has 0 spiro atoms. The van der Waals surface area contributed by atoms with E-state index in [-0.39, 0.29) is 32.8 Å². The molecule has 0 aliphatic heterocycles. The van der Waals surface area contributed by atoms with Crippen LogP contribution >= 0.6 is 0 Å². The molecular formula is C6H8O4Zr. The molecule has 0 saturated carbocycles. The number of hydrogen-bond acceptors (Lipinski definition) is 3. The van der Waals surface area contributed by atoms with E-state index in [0.29, 0.717) is 0 Å². The summed E-state index contributed by atoms with van der Waals surface area (Å²) in [6.07, 6.45) is 0. The van der Waals surface area contributed by atoms with Gasteiger partial charge in [-0.1, -0.05) is 6.58 Å². The van der Waals surface area contributed by atoms with Crippen molar-refractivity contribution in [3.8, 4) is 0 Å². The molecule has 1 N–H and O–H groups in total. The van der Waals surface area contributed by atoms with Gasteiger partial charge in [0.05, 0.1) is 6.61 Å². The van der Waals surface area contributed by atoms with Crippen LogP contribution in [0.4, 0.5) is 0 Å². The fraction of sp³-hybridized carbons (Fsp3) is 0.333. The zero-order valence-corrected chi connectivity index (χ0v) is 8.54. The number of carboxylic acids is 1. The molecule has 11 heavy (non-hydrogen) atoms. The second-order valence-electron chi connectivity index (χ2n) is 1.50. The van der Waals surface area contributed by atoms with Crippen molar-refractivity contribution in [3.05, 3.63) is 12.2 Å². The average Bonchev–Trinajstić information content (AvgIpc) is 1.87. The Morgan fingerprint density at radius 1 is 1.55 bits per heavy atom. The summed E-state index contributed by atoms with van der Waals surface area (Å²) >= 11 is 0. The van der Waals surface area contributed by atoms with E-state index in [9.17, 15) is 9.59 Å². The van der Waals surface area contributed by atoms with Gasteiger partial charge in [-0.05, 0) is 6.92 Å². The largest absolute Gasteiger partial charge is 0.477 e. The Morgan fingerprint density at radius 2 is 2.00 bits per heavy atom. The van der Waals surface area contributed by atoms with Gasteiger partial charge in [0.1, 0.15) is 5.57 Å². The molecule has 60 valence electrons. The number of carboxylic acid groups (broad SMARTS) is 1. The molecule has 5 heteroatoms. The number of rotatable bonds is 3. The fourth-order valence-corrected chi connectivity index (χ4v) is 0.306. The number of esters is 1. The number of hydrogen-bond donors (Lipinski definition) is 1. The first kappa shape index (κ1) is 13.2. The van der Waals surface area contributed by atoms with Crippen molar-refractivity contribution in [2.45, 2.75) is 6.92 Å². The van der Waals surface area contributed by atoms with Crippen molar-refractivity contribution in [3.63, 3.8) is 0 Å². The van der Waals surface area contributed by atoms with E-state index >= 15 is 0 Å². The smallest absolute Gasteiger partial charge is 0.344 e. The van der Waals surface area contributed by atoms with E-state index in [1.807, 2.05) is 0 Å². The molecule has 0 unspecified atom stereocenters. The van der Waals surface area contributed by atoms with Gasteiger partial charge in [-0.15, -0.1) is 0 Å². The van der Waals surface area contributed by atoms with E-state index in [1.54, 1.807) is 6.92 Å². The maximum absolute atomic E-state index is 10.5. The van der Waals surface area contributed by atoms with Gasteiger partial charge in [0.15, 0.2) is 0 Å². The van der Waals surface area contributed by atoms with Crippen LogP contribution in [-0.2, 0) is 40.5 Å². The SMILES string of the molecule is C=C(C(=O)O)C(=O)OCC.[Zr]. The molecule has 0 saturated heterocycles. The summed E-state index contributed by atoms with van der Waals surface area (Å²) in [6.45, 7) is 4.75. The molecule has 0 aromatic carbocycles. The topological polar surface area (TPSA) is 63.6 Å². The maximum atomic E-state index is 10.5. The molecule has 0 amide bonds. The molecule has 0 bridgehead atoms. The van der Waals surface area contributed by atoms with E-state index < -0.39 is 17.5 Å². The van der Waals surface area contributed by atoms with Crippen LogP contribution in [-0.4, -0.2) is 23.7 Å². The average molecular weight is 235 g/mol. The number of aliphatic carboxylic acids is 1. The van der Waals surface area contributed by atoms with Crippen LogP contribution in [0.1, 0.15) is 6.92 Å². The Morgan fingerprint density at radius 3 is 2.27 bits per heavy atom. The second-order valence-corrected chi connectivity index (χ2v) is 1.50. The molecule has 0 rings (SSSR count). The first-order valence-corrected chi connectivity index (χ1v) is 2.69. The third kappa shape index (κ3) is 4.90. The van der Waals surface area contributed by atoms with Crippen LogP contribution in [0.5, 0.6) is 0 Å². The monoisotopic (exact) mass is 234 g/mol. The Bertz CT molecular complexity index is 175. The molecule has 0 radical (unpaired) electrons. The minimum atomic E-state index is -1.35. The van der Waals surface area contributed by atoms with Crippen LogP contribution in [0.3, 0.4) is 0 Å². The molecule has 0 aromatic rings. The Labute approximate surface area is 83.4 Å². The summed E-state index contributed by atoms with van der Waals surface area (Å²) in [6, 6.07) is 0. The van der Waals surface area contributed by atoms with Crippen molar-refractivity contribution in [2.75, 3.05) is 6.61 Å². The first-order valence-electron chi connectivity index (χ1n) is 2.69. The zero-order chi connectivity index (χ0) is 8.15. The van der Waals surface area contributed by atoms with Crippen molar-refractivity contribution >= 4 is 11.9 Å². The van der Waals surface area contributed by atoms with Crippen molar-refractivity contribution in [1.29, 1.82) is 0 Å². The van der Waals surface area contributed by atoms with Gasteiger partial charge >= 0.3 is 11.9 Å². The van der Waals surface area contributed by atoms with Gasteiger partial charge in [-0.3, -0.25) is 0 Å². The van der Waals surface area contributed by atoms with Gasteiger partial charge in [0.25, 0.3) is 0 Å². The zero-order valence-electron chi connectivity index (χ0n) is 6.09. The minimum absolute atomic E-state index is 0. The Hall–Kier alpha value is -0.437. The summed E-state index contributed by atoms with van der Waals surface area (Å²) in [5.74, 6) is -2.23. The van der Waals surface area contributed by atoms with E-state index in [0.717, 1.165) is 0 Å². The van der Waals surface area contributed by atoms with Crippen molar-refractivity contribution < 1.29 is 45.6 Å². The summed E-state index contributed by atoms with van der Waals surface area (Å²) in [7, 11) is 0. The first-order chi connectivity index (χ1) is 4.59. The summed E-state index contributed by atoms with van der Waals surface area (Å²) in [4.78, 5) is 20.5. The second kappa shape index (κ2) is 6.28. The van der Waals surface area contributed by atoms with Crippen LogP contribution in [0.2, 0.25) is 0 Å². The molecule has 0 aliphatic carbocycles. The number of carbonyl (C=O) groups is 2. The van der Waals surface area contributed by atoms with Gasteiger partial charge in [0.2, 0.25) is 0 Å². The van der Waals surface area contributed by atoms with Gasteiger partial charge in [-0.25, -0.2) is 9.59 Å². The Kier molecular flexibility index (Phi) is 7.53. The van der Waals surface area contributed by atoms with E-state index in [1.165, 1.54) is 0 Å². The fourth-order valence-electron chi connectivity index (χ4n) is 0.306. The van der Waals surface area contributed by atoms with Crippen LogP contribution in [0, 0.1) is 0 Å². The maximum Gasteiger partial charge on any atom is 0.344 e. The molecule has 0 heterocycles. The number of carbonyl (C=O) groups excluding carboxylic acids is 1. The Balaban J connectivity index is 0. The van der Waals surface area contributed by atoms with Crippen LogP contribution in [0.15, 0.2) is 12.2 Å². The van der Waals surface area contributed by atoms with E-state index in [4.69, 9.17) is 5.11 Å². The predicted molar refractivity (Wildman–Crippen MR) is 33.4 cm³/mol. The minimum Gasteiger partial charge on any atom is -0.477 e. The van der Waals surface area contributed by atoms with Crippen molar-refractivity contribution in [1.82, 2.24) is 0 Å². The van der Waals surface area contributed by atoms with Gasteiger partial charge < -0.3 is 9.84 Å². The van der Waals surface area contributed by atoms with Crippen LogP contribution < -0.4 is 0 Å². The molecule has 0 aliphatic rings. The standard InChI is InChI=1S/C6H8O4.Zr/c1-3-10-6(9)4(2)5(7)8;/h2-3H2,1H3,(H,7,8);. The van der Waals surface area contributed by atoms with E-state index in [2.05, 4.69) is 11.3 Å². The summed E-state index contributed by atoms with van der Waals surface area (Å²) in [5, 5.41) is 8.18. The van der Waals surface area contributed by atoms with Crippen LogP contribution in [0.25, 0.3) is 0 Å². The number of ether oxygens (including phenoxy) is 1. The molecule has 4 nitrogen and oxygen atoms in total. The van der Waals surface area contributed by atoms with Gasteiger partial charge in [-0.2, -0.15) is 0 Å². The summed E-state index contributed by atoms with van der Waals surface area (Å²) in [5.41, 5.74) is -0.540.